The molecule has 4 aromatic rings. The smallest absolute Gasteiger partial charge is 0.206 e. The molecule has 8 heteroatoms. The first kappa shape index (κ1) is 27.0. The predicted octanol–water partition coefficient (Wildman–Crippen LogP) is 7.46. The molecule has 2 unspecified atom stereocenters. The minimum atomic E-state index is -0.528. The topological polar surface area (TPSA) is 65.1 Å². The zero-order chi connectivity index (χ0) is 26.4. The molecule has 0 saturated carbocycles. The molecule has 4 N–H and O–H groups in total. The van der Waals surface area contributed by atoms with Gasteiger partial charge in [-0.3, -0.25) is 10.8 Å². The van der Waals surface area contributed by atoms with Crippen LogP contribution in [-0.2, 0) is 12.8 Å². The summed E-state index contributed by atoms with van der Waals surface area (Å²) in [4.78, 5) is 1.80. The van der Waals surface area contributed by atoms with Crippen molar-refractivity contribution in [2.24, 2.45) is 5.84 Å². The van der Waals surface area contributed by atoms with Crippen molar-refractivity contribution in [2.75, 3.05) is 0 Å². The van der Waals surface area contributed by atoms with Gasteiger partial charge in [0.25, 0.3) is 0 Å². The Hall–Kier alpha value is -3.07. The lowest BCUT2D eigenvalue weighted by atomic mass is 9.91. The molecule has 0 aliphatic heterocycles. The lowest BCUT2D eigenvalue weighted by Gasteiger charge is -2.41. The Bertz CT molecular complexity index is 1280. The van der Waals surface area contributed by atoms with Crippen LogP contribution in [0.5, 0.6) is 0 Å². The molecule has 0 bridgehead atoms. The van der Waals surface area contributed by atoms with Crippen LogP contribution < -0.4 is 11.3 Å². The Morgan fingerprint density at radius 1 is 0.703 bits per heavy atom. The summed E-state index contributed by atoms with van der Waals surface area (Å²) in [6, 6.07) is 27.4. The van der Waals surface area contributed by atoms with E-state index in [0.29, 0.717) is 11.1 Å². The average molecular weight is 628 g/mol. The monoisotopic (exact) mass is 626 g/mol. The predicted molar refractivity (Wildman–Crippen MR) is 151 cm³/mol. The van der Waals surface area contributed by atoms with Crippen molar-refractivity contribution < 1.29 is 8.78 Å². The van der Waals surface area contributed by atoms with E-state index < -0.39 is 12.1 Å². The van der Waals surface area contributed by atoms with Crippen molar-refractivity contribution in [3.8, 4) is 0 Å². The van der Waals surface area contributed by atoms with E-state index in [1.54, 1.807) is 41.3 Å². The molecule has 0 saturated heterocycles. The summed E-state index contributed by atoms with van der Waals surface area (Å²) in [5.74, 6) is 5.09. The Balaban J connectivity index is 1.93. The molecule has 190 valence electrons. The molecule has 4 nitrogen and oxygen atoms in total. The highest BCUT2D eigenvalue weighted by Crippen LogP contribution is 2.40. The maximum Gasteiger partial charge on any atom is 0.206 e. The van der Waals surface area contributed by atoms with Gasteiger partial charge in [0.2, 0.25) is 5.96 Å². The number of nitrogens with zero attached hydrogens (tertiary/aromatic N) is 1. The zero-order valence-electron chi connectivity index (χ0n) is 19.8. The molecule has 37 heavy (non-hydrogen) atoms. The second-order valence-electron chi connectivity index (χ2n) is 8.57. The number of hydrogen-bond donors (Lipinski definition) is 3. The maximum atomic E-state index is 14.9. The van der Waals surface area contributed by atoms with Crippen molar-refractivity contribution in [3.05, 3.63) is 140 Å². The third-order valence-corrected chi connectivity index (χ3v) is 7.78. The molecular formula is C29H26Br2F2N4. The van der Waals surface area contributed by atoms with Crippen molar-refractivity contribution in [2.45, 2.75) is 24.9 Å². The van der Waals surface area contributed by atoms with E-state index in [9.17, 15) is 8.78 Å². The van der Waals surface area contributed by atoms with Gasteiger partial charge in [-0.05, 0) is 46.5 Å². The van der Waals surface area contributed by atoms with Gasteiger partial charge in [0, 0.05) is 21.8 Å². The number of halogens is 4. The summed E-state index contributed by atoms with van der Waals surface area (Å²) in [6.07, 6.45) is 0.495. The maximum absolute atomic E-state index is 14.9. The zero-order valence-corrected chi connectivity index (χ0v) is 23.0. The van der Waals surface area contributed by atoms with Gasteiger partial charge in [-0.15, -0.1) is 0 Å². The van der Waals surface area contributed by atoms with E-state index in [1.807, 2.05) is 48.5 Å². The summed E-state index contributed by atoms with van der Waals surface area (Å²) >= 11 is 7.31. The third-order valence-electron chi connectivity index (χ3n) is 6.34. The van der Waals surface area contributed by atoms with Gasteiger partial charge in [-0.2, -0.15) is 0 Å². The number of nitrogens with two attached hydrogens (primary N) is 1. The van der Waals surface area contributed by atoms with Crippen molar-refractivity contribution in [1.82, 2.24) is 10.3 Å². The Kier molecular flexibility index (Phi) is 9.08. The first-order chi connectivity index (χ1) is 17.9. The van der Waals surface area contributed by atoms with E-state index >= 15 is 0 Å². The van der Waals surface area contributed by atoms with Crippen molar-refractivity contribution >= 4 is 37.8 Å². The van der Waals surface area contributed by atoms with Crippen LogP contribution in [-0.4, -0.2) is 10.9 Å². The number of rotatable bonds is 8. The highest BCUT2D eigenvalue weighted by Gasteiger charge is 2.34. The lowest BCUT2D eigenvalue weighted by Crippen LogP contribution is -2.48. The highest BCUT2D eigenvalue weighted by atomic mass is 79.9. The van der Waals surface area contributed by atoms with Crippen LogP contribution in [0.15, 0.2) is 106 Å². The fourth-order valence-electron chi connectivity index (χ4n) is 4.55. The molecule has 2 atom stereocenters. The van der Waals surface area contributed by atoms with E-state index in [4.69, 9.17) is 11.3 Å². The molecular weight excluding hydrogens is 602 g/mol. The first-order valence-corrected chi connectivity index (χ1v) is 13.3. The minimum Gasteiger partial charge on any atom is -0.327 e. The van der Waals surface area contributed by atoms with E-state index in [1.165, 1.54) is 12.1 Å². The summed E-state index contributed by atoms with van der Waals surface area (Å²) < 4.78 is 31.5. The number of hydrazine groups is 1. The van der Waals surface area contributed by atoms with E-state index in [2.05, 4.69) is 37.3 Å². The summed E-state index contributed by atoms with van der Waals surface area (Å²) in [5, 5.41) is 8.91. The van der Waals surface area contributed by atoms with Gasteiger partial charge in [-0.25, -0.2) is 14.6 Å². The normalized spacial score (nSPS) is 12.6. The molecule has 0 amide bonds. The lowest BCUT2D eigenvalue weighted by molar-refractivity contribution is 0.221. The third kappa shape index (κ3) is 6.26. The van der Waals surface area contributed by atoms with Gasteiger partial charge in [0.15, 0.2) is 0 Å². The van der Waals surface area contributed by atoms with Crippen molar-refractivity contribution in [1.29, 1.82) is 5.41 Å². The van der Waals surface area contributed by atoms with E-state index in [0.717, 1.165) is 20.1 Å². The van der Waals surface area contributed by atoms with Crippen LogP contribution in [0.3, 0.4) is 0 Å². The summed E-state index contributed by atoms with van der Waals surface area (Å²) in [5.41, 5.74) is 5.17. The molecule has 0 spiro atoms. The second-order valence-corrected chi connectivity index (χ2v) is 10.3. The van der Waals surface area contributed by atoms with Crippen LogP contribution >= 0.6 is 31.9 Å². The fourth-order valence-corrected chi connectivity index (χ4v) is 5.65. The van der Waals surface area contributed by atoms with E-state index in [-0.39, 0.29) is 30.4 Å². The molecule has 4 aromatic carbocycles. The standard InChI is InChI=1S/C29H26Br2F2N4/c30-23-13-5-3-11-21(23)27(17-19-9-1-7-15-25(19)32)37(29(34)36-35)28(22-12-4-6-14-24(22)31)18-20-10-2-8-16-26(20)33/h1-16,27-28H,17-18,35H2,(H2,34,36). The van der Waals surface area contributed by atoms with Crippen LogP contribution in [0.1, 0.15) is 34.3 Å². The molecule has 0 heterocycles. The Morgan fingerprint density at radius 2 is 1.08 bits per heavy atom. The fraction of sp³-hybridized carbons (Fsp3) is 0.138. The molecule has 0 aromatic heterocycles. The second kappa shape index (κ2) is 12.4. The SMILES string of the molecule is N=C(NN)N(C(Cc1ccccc1F)c1ccccc1Br)C(Cc1ccccc1F)c1ccccc1Br. The number of nitrogens with one attached hydrogen (secondary N) is 2. The van der Waals surface area contributed by atoms with Crippen LogP contribution in [0.2, 0.25) is 0 Å². The van der Waals surface area contributed by atoms with Gasteiger partial charge < -0.3 is 4.90 Å². The van der Waals surface area contributed by atoms with Crippen molar-refractivity contribution in [3.63, 3.8) is 0 Å². The number of hydrogen-bond acceptors (Lipinski definition) is 2. The van der Waals surface area contributed by atoms with Gasteiger partial charge in [-0.1, -0.05) is 105 Å². The molecule has 4 rings (SSSR count). The Morgan fingerprint density at radius 3 is 1.46 bits per heavy atom. The van der Waals surface area contributed by atoms with Gasteiger partial charge >= 0.3 is 0 Å². The minimum absolute atomic E-state index is 0.0748. The quantitative estimate of drug-likeness (QED) is 0.0822. The first-order valence-electron chi connectivity index (χ1n) is 11.7. The molecule has 0 aliphatic rings. The summed E-state index contributed by atoms with van der Waals surface area (Å²) in [7, 11) is 0. The molecule has 0 aliphatic carbocycles. The van der Waals surface area contributed by atoms with Crippen LogP contribution in [0, 0.1) is 17.0 Å². The molecule has 0 fully saturated rings. The van der Waals surface area contributed by atoms with Gasteiger partial charge in [0.1, 0.15) is 11.6 Å². The largest absolute Gasteiger partial charge is 0.327 e. The van der Waals surface area contributed by atoms with Gasteiger partial charge in [0.05, 0.1) is 12.1 Å². The molecule has 0 radical (unpaired) electrons. The number of guanidine groups is 1. The van der Waals surface area contributed by atoms with Crippen LogP contribution in [0.4, 0.5) is 8.78 Å². The Labute approximate surface area is 232 Å². The summed E-state index contributed by atoms with van der Waals surface area (Å²) in [6.45, 7) is 0. The highest BCUT2D eigenvalue weighted by molar-refractivity contribution is 9.10. The van der Waals surface area contributed by atoms with Crippen LogP contribution in [0.25, 0.3) is 0 Å². The average Bonchev–Trinajstić information content (AvgIpc) is 2.90. The number of benzene rings is 4.